The number of nitrogens with zero attached hydrogens (tertiary/aromatic N) is 1. The molecule has 0 N–H and O–H groups in total. The third-order valence-electron chi connectivity index (χ3n) is 4.12. The fraction of sp³-hybridized carbons (Fsp3) is 0.600. The lowest BCUT2D eigenvalue weighted by atomic mass is 9.95. The summed E-state index contributed by atoms with van der Waals surface area (Å²) in [6.07, 6.45) is 1.02. The minimum absolute atomic E-state index is 0.123. The summed E-state index contributed by atoms with van der Waals surface area (Å²) in [7, 11) is -2.95. The first-order chi connectivity index (χ1) is 9.43. The average Bonchev–Trinajstić information content (AvgIpc) is 2.78. The van der Waals surface area contributed by atoms with Gasteiger partial charge in [0.25, 0.3) is 0 Å². The van der Waals surface area contributed by atoms with E-state index in [0.717, 1.165) is 18.5 Å². The first kappa shape index (κ1) is 15.4. The largest absolute Gasteiger partial charge is 0.295 e. The van der Waals surface area contributed by atoms with Crippen LogP contribution in [0.3, 0.4) is 0 Å². The molecule has 1 aliphatic rings. The van der Waals surface area contributed by atoms with Gasteiger partial charge < -0.3 is 0 Å². The summed E-state index contributed by atoms with van der Waals surface area (Å²) in [6, 6.07) is 6.77. The smallest absolute Gasteiger partial charge is 0.151 e. The van der Waals surface area contributed by atoms with Crippen molar-refractivity contribution in [3.8, 4) is 0 Å². The number of hydrogen-bond donors (Lipinski definition) is 0. The Labute approximate surface area is 120 Å². The van der Waals surface area contributed by atoms with Crippen LogP contribution < -0.4 is 0 Å². The van der Waals surface area contributed by atoms with Crippen molar-refractivity contribution in [1.82, 2.24) is 4.90 Å². The first-order valence-corrected chi connectivity index (χ1v) is 8.95. The molecular formula is C15H22FNO2S. The van der Waals surface area contributed by atoms with Gasteiger partial charge in [-0.2, -0.15) is 0 Å². The van der Waals surface area contributed by atoms with E-state index in [9.17, 15) is 12.8 Å². The molecule has 0 unspecified atom stereocenters. The molecule has 1 fully saturated rings. The van der Waals surface area contributed by atoms with Crippen molar-refractivity contribution in [2.24, 2.45) is 5.92 Å². The van der Waals surface area contributed by atoms with E-state index < -0.39 is 9.84 Å². The Morgan fingerprint density at radius 2 is 2.15 bits per heavy atom. The molecule has 1 aliphatic heterocycles. The molecule has 5 heteroatoms. The van der Waals surface area contributed by atoms with E-state index in [2.05, 4.69) is 11.8 Å². The van der Waals surface area contributed by atoms with Crippen molar-refractivity contribution >= 4 is 9.84 Å². The zero-order valence-corrected chi connectivity index (χ0v) is 12.9. The molecule has 0 aliphatic carbocycles. The van der Waals surface area contributed by atoms with Crippen LogP contribution in [0.15, 0.2) is 24.3 Å². The molecule has 0 radical (unpaired) electrons. The molecule has 112 valence electrons. The van der Waals surface area contributed by atoms with Gasteiger partial charge in [-0.15, -0.1) is 0 Å². The summed E-state index contributed by atoms with van der Waals surface area (Å²) < 4.78 is 36.7. The number of benzene rings is 1. The molecule has 0 saturated carbocycles. The SMILES string of the molecule is CCS(=O)(=O)CCN1CC[C@H](C)[C@@H]1c1cccc(F)c1. The van der Waals surface area contributed by atoms with Crippen molar-refractivity contribution in [2.45, 2.75) is 26.3 Å². The zero-order chi connectivity index (χ0) is 14.8. The summed E-state index contributed by atoms with van der Waals surface area (Å²) in [6.45, 7) is 5.22. The Kier molecular flexibility index (Phi) is 4.81. The van der Waals surface area contributed by atoms with Crippen LogP contribution in [-0.4, -0.2) is 37.9 Å². The van der Waals surface area contributed by atoms with Gasteiger partial charge in [0.15, 0.2) is 9.84 Å². The van der Waals surface area contributed by atoms with E-state index in [0.29, 0.717) is 12.5 Å². The molecule has 3 nitrogen and oxygen atoms in total. The van der Waals surface area contributed by atoms with Gasteiger partial charge in [-0.1, -0.05) is 26.0 Å². The van der Waals surface area contributed by atoms with Gasteiger partial charge in [-0.3, -0.25) is 4.90 Å². The first-order valence-electron chi connectivity index (χ1n) is 7.13. The molecule has 20 heavy (non-hydrogen) atoms. The van der Waals surface area contributed by atoms with Gasteiger partial charge in [0, 0.05) is 18.3 Å². The van der Waals surface area contributed by atoms with Crippen LogP contribution in [0.4, 0.5) is 4.39 Å². The molecule has 0 spiro atoms. The van der Waals surface area contributed by atoms with Crippen LogP contribution in [0.5, 0.6) is 0 Å². The molecule has 1 saturated heterocycles. The highest BCUT2D eigenvalue weighted by atomic mass is 32.2. The third-order valence-corrected chi connectivity index (χ3v) is 5.81. The second-order valence-corrected chi connectivity index (χ2v) is 8.01. The lowest BCUT2D eigenvalue weighted by Gasteiger charge is -2.27. The van der Waals surface area contributed by atoms with Crippen LogP contribution in [0.25, 0.3) is 0 Å². The van der Waals surface area contributed by atoms with Crippen molar-refractivity contribution in [3.63, 3.8) is 0 Å². The highest BCUT2D eigenvalue weighted by Crippen LogP contribution is 2.36. The normalized spacial score (nSPS) is 24.1. The van der Waals surface area contributed by atoms with Crippen molar-refractivity contribution in [2.75, 3.05) is 24.6 Å². The fourth-order valence-corrected chi connectivity index (χ4v) is 3.71. The molecule has 0 bridgehead atoms. The summed E-state index contributed by atoms with van der Waals surface area (Å²) in [5.41, 5.74) is 0.948. The number of likely N-dealkylation sites (tertiary alicyclic amines) is 1. The lowest BCUT2D eigenvalue weighted by Crippen LogP contribution is -2.30. The molecule has 1 aromatic rings. The summed E-state index contributed by atoms with van der Waals surface area (Å²) in [5, 5.41) is 0. The second-order valence-electron chi connectivity index (χ2n) is 5.54. The minimum Gasteiger partial charge on any atom is -0.295 e. The van der Waals surface area contributed by atoms with E-state index in [1.54, 1.807) is 19.1 Å². The highest BCUT2D eigenvalue weighted by Gasteiger charge is 2.32. The molecule has 1 aromatic carbocycles. The number of sulfone groups is 1. The second kappa shape index (κ2) is 6.22. The number of rotatable bonds is 5. The molecule has 2 atom stereocenters. The Balaban J connectivity index is 2.13. The van der Waals surface area contributed by atoms with E-state index in [1.807, 2.05) is 6.07 Å². The standard InChI is InChI=1S/C15H22FNO2S/c1-3-20(18,19)10-9-17-8-7-12(2)15(17)13-5-4-6-14(16)11-13/h4-6,11-12,15H,3,7-10H2,1-2H3/t12-,15+/m0/s1. The fourth-order valence-electron chi connectivity index (χ4n) is 2.91. The Hall–Kier alpha value is -0.940. The van der Waals surface area contributed by atoms with E-state index in [1.165, 1.54) is 6.07 Å². The predicted molar refractivity (Wildman–Crippen MR) is 78.8 cm³/mol. The van der Waals surface area contributed by atoms with E-state index in [4.69, 9.17) is 0 Å². The molecule has 2 rings (SSSR count). The summed E-state index contributed by atoms with van der Waals surface area (Å²) >= 11 is 0. The monoisotopic (exact) mass is 299 g/mol. The number of halogens is 1. The highest BCUT2D eigenvalue weighted by molar-refractivity contribution is 7.91. The zero-order valence-electron chi connectivity index (χ0n) is 12.0. The van der Waals surface area contributed by atoms with Gasteiger partial charge >= 0.3 is 0 Å². The van der Waals surface area contributed by atoms with Gasteiger partial charge in [-0.05, 0) is 36.6 Å². The van der Waals surface area contributed by atoms with E-state index in [-0.39, 0.29) is 23.4 Å². The van der Waals surface area contributed by atoms with Crippen molar-refractivity contribution < 1.29 is 12.8 Å². The van der Waals surface area contributed by atoms with Crippen LogP contribution >= 0.6 is 0 Å². The van der Waals surface area contributed by atoms with Crippen LogP contribution in [0.1, 0.15) is 31.9 Å². The Morgan fingerprint density at radius 1 is 1.40 bits per heavy atom. The van der Waals surface area contributed by atoms with Gasteiger partial charge in [0.1, 0.15) is 5.82 Å². The Morgan fingerprint density at radius 3 is 2.80 bits per heavy atom. The molecule has 0 aromatic heterocycles. The van der Waals surface area contributed by atoms with Crippen LogP contribution in [-0.2, 0) is 9.84 Å². The van der Waals surface area contributed by atoms with Gasteiger partial charge in [0.2, 0.25) is 0 Å². The van der Waals surface area contributed by atoms with Gasteiger partial charge in [0.05, 0.1) is 5.75 Å². The van der Waals surface area contributed by atoms with Crippen molar-refractivity contribution in [1.29, 1.82) is 0 Å². The van der Waals surface area contributed by atoms with E-state index >= 15 is 0 Å². The quantitative estimate of drug-likeness (QED) is 0.839. The van der Waals surface area contributed by atoms with Crippen molar-refractivity contribution in [3.05, 3.63) is 35.6 Å². The Bertz CT molecular complexity index is 559. The molecule has 1 heterocycles. The molecule has 0 amide bonds. The average molecular weight is 299 g/mol. The lowest BCUT2D eigenvalue weighted by molar-refractivity contribution is 0.246. The summed E-state index contributed by atoms with van der Waals surface area (Å²) in [5.74, 6) is 0.548. The predicted octanol–water partition coefficient (Wildman–Crippen LogP) is 2.64. The number of hydrogen-bond acceptors (Lipinski definition) is 3. The van der Waals surface area contributed by atoms with Crippen LogP contribution in [0, 0.1) is 11.7 Å². The third kappa shape index (κ3) is 3.58. The van der Waals surface area contributed by atoms with Crippen LogP contribution in [0.2, 0.25) is 0 Å². The van der Waals surface area contributed by atoms with Gasteiger partial charge in [-0.25, -0.2) is 12.8 Å². The summed E-state index contributed by atoms with van der Waals surface area (Å²) in [4.78, 5) is 2.17. The molecular weight excluding hydrogens is 277 g/mol. The maximum atomic E-state index is 13.4. The maximum Gasteiger partial charge on any atom is 0.151 e. The topological polar surface area (TPSA) is 37.4 Å². The maximum absolute atomic E-state index is 13.4. The minimum atomic E-state index is -2.95.